The van der Waals surface area contributed by atoms with Crippen molar-refractivity contribution in [1.29, 1.82) is 0 Å². The van der Waals surface area contributed by atoms with Crippen molar-refractivity contribution in [2.75, 3.05) is 19.8 Å². The lowest BCUT2D eigenvalue weighted by Crippen LogP contribution is -2.52. The van der Waals surface area contributed by atoms with Crippen molar-refractivity contribution >= 4 is 5.91 Å². The maximum atomic E-state index is 11.8. The first-order valence-electron chi connectivity index (χ1n) is 5.10. The Hall–Kier alpha value is -0.650. The van der Waals surface area contributed by atoms with Crippen LogP contribution in [0.15, 0.2) is 0 Å². The molecule has 1 amide bonds. The molecule has 1 fully saturated rings. The van der Waals surface area contributed by atoms with Crippen molar-refractivity contribution in [2.24, 2.45) is 11.1 Å². The summed E-state index contributed by atoms with van der Waals surface area (Å²) >= 11 is 0. The SMILES string of the molecule is CC(C)(O)CNC(=O)C1(C)COCC1N. The molecule has 1 rings (SSSR count). The lowest BCUT2D eigenvalue weighted by atomic mass is 9.84. The molecule has 0 aliphatic carbocycles. The minimum absolute atomic E-state index is 0.158. The summed E-state index contributed by atoms with van der Waals surface area (Å²) in [6.45, 7) is 6.03. The fraction of sp³-hybridized carbons (Fsp3) is 0.900. The van der Waals surface area contributed by atoms with E-state index in [1.807, 2.05) is 0 Å². The predicted octanol–water partition coefficient (Wildman–Crippen LogP) is -0.763. The van der Waals surface area contributed by atoms with Crippen LogP contribution >= 0.6 is 0 Å². The van der Waals surface area contributed by atoms with Gasteiger partial charge in [0.05, 0.1) is 24.2 Å². The van der Waals surface area contributed by atoms with Gasteiger partial charge in [-0.05, 0) is 20.8 Å². The average Bonchev–Trinajstić information content (AvgIpc) is 2.43. The van der Waals surface area contributed by atoms with E-state index in [0.717, 1.165) is 0 Å². The zero-order valence-electron chi connectivity index (χ0n) is 9.54. The molecule has 0 aromatic carbocycles. The van der Waals surface area contributed by atoms with Crippen LogP contribution in [0.3, 0.4) is 0 Å². The molecular formula is C10H20N2O3. The van der Waals surface area contributed by atoms with Crippen LogP contribution < -0.4 is 11.1 Å². The molecule has 4 N–H and O–H groups in total. The Labute approximate surface area is 90.0 Å². The standard InChI is InChI=1S/C10H20N2O3/c1-9(2,14)5-12-8(13)10(3)6-15-4-7(10)11/h7,14H,4-6,11H2,1-3H3,(H,12,13). The molecule has 0 saturated carbocycles. The van der Waals surface area contributed by atoms with Crippen LogP contribution in [0.5, 0.6) is 0 Å². The van der Waals surface area contributed by atoms with Gasteiger partial charge in [-0.3, -0.25) is 4.79 Å². The summed E-state index contributed by atoms with van der Waals surface area (Å²) in [7, 11) is 0. The molecule has 1 aliphatic heterocycles. The van der Waals surface area contributed by atoms with Gasteiger partial charge in [-0.25, -0.2) is 0 Å². The molecule has 0 radical (unpaired) electrons. The number of rotatable bonds is 3. The number of hydrogen-bond acceptors (Lipinski definition) is 4. The van der Waals surface area contributed by atoms with Gasteiger partial charge in [-0.1, -0.05) is 0 Å². The monoisotopic (exact) mass is 216 g/mol. The summed E-state index contributed by atoms with van der Waals surface area (Å²) in [6.07, 6.45) is 0. The topological polar surface area (TPSA) is 84.6 Å². The predicted molar refractivity (Wildman–Crippen MR) is 56.2 cm³/mol. The highest BCUT2D eigenvalue weighted by Crippen LogP contribution is 2.27. The molecule has 0 bridgehead atoms. The van der Waals surface area contributed by atoms with Crippen LogP contribution in [0, 0.1) is 5.41 Å². The number of nitrogens with one attached hydrogen (secondary N) is 1. The highest BCUT2D eigenvalue weighted by atomic mass is 16.5. The largest absolute Gasteiger partial charge is 0.389 e. The van der Waals surface area contributed by atoms with Crippen LogP contribution in [0.1, 0.15) is 20.8 Å². The van der Waals surface area contributed by atoms with Crippen molar-refractivity contribution in [3.05, 3.63) is 0 Å². The van der Waals surface area contributed by atoms with Gasteiger partial charge in [0.1, 0.15) is 0 Å². The van der Waals surface area contributed by atoms with Crippen LogP contribution in [0.25, 0.3) is 0 Å². The molecule has 5 nitrogen and oxygen atoms in total. The van der Waals surface area contributed by atoms with Gasteiger partial charge in [0.15, 0.2) is 0 Å². The number of hydrogen-bond donors (Lipinski definition) is 3. The van der Waals surface area contributed by atoms with Crippen LogP contribution in [-0.4, -0.2) is 42.4 Å². The number of ether oxygens (including phenoxy) is 1. The number of carbonyl (C=O) groups is 1. The Kier molecular flexibility index (Phi) is 3.38. The summed E-state index contributed by atoms with van der Waals surface area (Å²) < 4.78 is 5.18. The van der Waals surface area contributed by atoms with E-state index in [9.17, 15) is 9.90 Å². The molecule has 1 saturated heterocycles. The molecule has 15 heavy (non-hydrogen) atoms. The second-order valence-electron chi connectivity index (χ2n) is 5.03. The number of amides is 1. The minimum atomic E-state index is -0.907. The van der Waals surface area contributed by atoms with E-state index in [0.29, 0.717) is 13.2 Å². The Balaban J connectivity index is 2.53. The van der Waals surface area contributed by atoms with Crippen molar-refractivity contribution in [3.8, 4) is 0 Å². The van der Waals surface area contributed by atoms with Crippen LogP contribution in [0.2, 0.25) is 0 Å². The maximum absolute atomic E-state index is 11.8. The van der Waals surface area contributed by atoms with Crippen molar-refractivity contribution in [3.63, 3.8) is 0 Å². The summed E-state index contributed by atoms with van der Waals surface area (Å²) in [6, 6.07) is -0.278. The maximum Gasteiger partial charge on any atom is 0.230 e. The third-order valence-electron chi connectivity index (χ3n) is 2.72. The first-order valence-corrected chi connectivity index (χ1v) is 5.10. The highest BCUT2D eigenvalue weighted by Gasteiger charge is 2.44. The third-order valence-corrected chi connectivity index (χ3v) is 2.72. The Morgan fingerprint density at radius 1 is 1.73 bits per heavy atom. The van der Waals surface area contributed by atoms with Crippen LogP contribution in [0.4, 0.5) is 0 Å². The van der Waals surface area contributed by atoms with E-state index in [-0.39, 0.29) is 18.5 Å². The second-order valence-corrected chi connectivity index (χ2v) is 5.03. The Morgan fingerprint density at radius 3 is 2.73 bits per heavy atom. The molecule has 5 heteroatoms. The normalized spacial score (nSPS) is 31.7. The van der Waals surface area contributed by atoms with E-state index >= 15 is 0 Å². The Morgan fingerprint density at radius 2 is 2.33 bits per heavy atom. The Bertz CT molecular complexity index is 250. The van der Waals surface area contributed by atoms with Crippen LogP contribution in [-0.2, 0) is 9.53 Å². The smallest absolute Gasteiger partial charge is 0.230 e. The molecule has 1 heterocycles. The molecule has 88 valence electrons. The third kappa shape index (κ3) is 2.90. The van der Waals surface area contributed by atoms with E-state index in [4.69, 9.17) is 10.5 Å². The van der Waals surface area contributed by atoms with Gasteiger partial charge in [-0.2, -0.15) is 0 Å². The zero-order chi connectivity index (χ0) is 11.7. The molecule has 0 aromatic heterocycles. The highest BCUT2D eigenvalue weighted by molar-refractivity contribution is 5.83. The first kappa shape index (κ1) is 12.4. The van der Waals surface area contributed by atoms with E-state index in [1.165, 1.54) is 0 Å². The van der Waals surface area contributed by atoms with E-state index in [1.54, 1.807) is 20.8 Å². The fourth-order valence-corrected chi connectivity index (χ4v) is 1.42. The van der Waals surface area contributed by atoms with Gasteiger partial charge in [0.25, 0.3) is 0 Å². The van der Waals surface area contributed by atoms with Crippen molar-refractivity contribution < 1.29 is 14.6 Å². The molecule has 2 atom stereocenters. The summed E-state index contributed by atoms with van der Waals surface area (Å²) in [5, 5.41) is 12.2. The van der Waals surface area contributed by atoms with Crippen molar-refractivity contribution in [2.45, 2.75) is 32.4 Å². The number of nitrogens with two attached hydrogens (primary N) is 1. The summed E-state index contributed by atoms with van der Waals surface area (Å²) in [5.41, 5.74) is 4.22. The second kappa shape index (κ2) is 4.08. The number of aliphatic hydroxyl groups is 1. The van der Waals surface area contributed by atoms with Gasteiger partial charge in [0, 0.05) is 12.6 Å². The minimum Gasteiger partial charge on any atom is -0.389 e. The summed E-state index contributed by atoms with van der Waals surface area (Å²) in [4.78, 5) is 11.8. The van der Waals surface area contributed by atoms with Gasteiger partial charge >= 0.3 is 0 Å². The molecule has 0 aromatic rings. The molecule has 0 spiro atoms. The fourth-order valence-electron chi connectivity index (χ4n) is 1.42. The first-order chi connectivity index (χ1) is 6.76. The van der Waals surface area contributed by atoms with Gasteiger partial charge in [0.2, 0.25) is 5.91 Å². The lowest BCUT2D eigenvalue weighted by Gasteiger charge is -2.27. The zero-order valence-corrected chi connectivity index (χ0v) is 9.54. The average molecular weight is 216 g/mol. The summed E-state index contributed by atoms with van der Waals surface area (Å²) in [5.74, 6) is -0.158. The lowest BCUT2D eigenvalue weighted by molar-refractivity contribution is -0.131. The van der Waals surface area contributed by atoms with E-state index < -0.39 is 11.0 Å². The quantitative estimate of drug-likeness (QED) is 0.579. The molecule has 1 aliphatic rings. The molecular weight excluding hydrogens is 196 g/mol. The van der Waals surface area contributed by atoms with E-state index in [2.05, 4.69) is 5.32 Å². The molecule has 2 unspecified atom stereocenters. The van der Waals surface area contributed by atoms with Gasteiger partial charge in [-0.15, -0.1) is 0 Å². The van der Waals surface area contributed by atoms with Gasteiger partial charge < -0.3 is 20.9 Å². The number of carbonyl (C=O) groups excluding carboxylic acids is 1. The van der Waals surface area contributed by atoms with Crippen molar-refractivity contribution in [1.82, 2.24) is 5.32 Å².